The fourth-order valence-corrected chi connectivity index (χ4v) is 5.24. The average Bonchev–Trinajstić information content (AvgIpc) is 3.51. The summed E-state index contributed by atoms with van der Waals surface area (Å²) >= 11 is 4.01. The summed E-state index contributed by atoms with van der Waals surface area (Å²) < 4.78 is 25.0. The van der Waals surface area contributed by atoms with Gasteiger partial charge in [-0.05, 0) is 72.9 Å². The zero-order chi connectivity index (χ0) is 19.5. The second-order valence-electron chi connectivity index (χ2n) is 7.52. The maximum atomic E-state index is 13.3. The van der Waals surface area contributed by atoms with Gasteiger partial charge in [0.25, 0.3) is 5.56 Å². The number of hydrogen-bond acceptors (Lipinski definition) is 4. The zero-order valence-electron chi connectivity index (χ0n) is 15.1. The van der Waals surface area contributed by atoms with Crippen LogP contribution in [0.15, 0.2) is 16.9 Å². The molecule has 1 aromatic carbocycles. The highest BCUT2D eigenvalue weighted by Crippen LogP contribution is 2.47. The second kappa shape index (κ2) is 6.72. The number of nitrogens with one attached hydrogen (secondary N) is 1. The van der Waals surface area contributed by atoms with Gasteiger partial charge in [-0.3, -0.25) is 23.6 Å². The van der Waals surface area contributed by atoms with Crippen molar-refractivity contribution in [3.8, 4) is 0 Å². The minimum absolute atomic E-state index is 0.0343. The molecule has 2 aliphatic rings. The van der Waals surface area contributed by atoms with Gasteiger partial charge in [0.1, 0.15) is 5.56 Å². The molecule has 0 radical (unpaired) electrons. The monoisotopic (exact) mass is 407 g/mol. The summed E-state index contributed by atoms with van der Waals surface area (Å²) in [6.45, 7) is 1.71. The third-order valence-electron chi connectivity index (χ3n) is 5.54. The van der Waals surface area contributed by atoms with Crippen LogP contribution in [0.4, 0.5) is 0 Å². The Labute approximate surface area is 164 Å². The van der Waals surface area contributed by atoms with Crippen molar-refractivity contribution >= 4 is 28.5 Å². The number of H-pyrrole nitrogens is 1. The third-order valence-corrected chi connectivity index (χ3v) is 6.90. The Kier molecular flexibility index (Phi) is 4.64. The lowest BCUT2D eigenvalue weighted by atomic mass is 9.92. The minimum atomic E-state index is -2.33. The Morgan fingerprint density at radius 1 is 1.33 bits per heavy atom. The molecule has 0 bridgehead atoms. The van der Waals surface area contributed by atoms with Crippen LogP contribution >= 0.6 is 11.6 Å². The molecule has 144 valence electrons. The first-order valence-corrected chi connectivity index (χ1v) is 10.5. The minimum Gasteiger partial charge on any atom is -0.772 e. The van der Waals surface area contributed by atoms with Crippen LogP contribution in [-0.4, -0.2) is 24.3 Å². The number of aromatic amines is 1. The number of aryl methyl sites for hydroxylation is 1. The molecule has 6 nitrogen and oxygen atoms in total. The number of ketones is 1. The molecule has 0 spiro atoms. The Balaban J connectivity index is 1.84. The lowest BCUT2D eigenvalue weighted by Gasteiger charge is -2.24. The molecule has 2 saturated carbocycles. The number of halogens is 1. The van der Waals surface area contributed by atoms with Gasteiger partial charge in [-0.25, -0.2) is 0 Å². The van der Waals surface area contributed by atoms with E-state index in [1.807, 2.05) is 0 Å². The van der Waals surface area contributed by atoms with Gasteiger partial charge >= 0.3 is 0 Å². The Hall–Kier alpha value is -1.70. The van der Waals surface area contributed by atoms with E-state index in [0.29, 0.717) is 27.4 Å². The van der Waals surface area contributed by atoms with E-state index in [0.717, 1.165) is 25.7 Å². The molecule has 2 unspecified atom stereocenters. The quantitative estimate of drug-likeness (QED) is 0.587. The van der Waals surface area contributed by atoms with Crippen LogP contribution in [0.2, 0.25) is 5.02 Å². The van der Waals surface area contributed by atoms with Crippen molar-refractivity contribution in [2.45, 2.75) is 43.8 Å². The van der Waals surface area contributed by atoms with E-state index in [4.69, 9.17) is 11.6 Å². The van der Waals surface area contributed by atoms with Crippen LogP contribution in [0.1, 0.15) is 69.6 Å². The van der Waals surface area contributed by atoms with Gasteiger partial charge in [0, 0.05) is 23.6 Å². The number of carbonyl (C=O) groups excluding carboxylic acids is 1. The Morgan fingerprint density at radius 2 is 2.00 bits per heavy atom. The first kappa shape index (κ1) is 18.7. The fourth-order valence-electron chi connectivity index (χ4n) is 3.77. The van der Waals surface area contributed by atoms with Crippen molar-refractivity contribution in [2.75, 3.05) is 0 Å². The first-order chi connectivity index (χ1) is 12.8. The average molecular weight is 408 g/mol. The normalized spacial score (nSPS) is 19.1. The number of aromatic nitrogens is 2. The number of hydrogen-bond donors (Lipinski definition) is 1. The summed E-state index contributed by atoms with van der Waals surface area (Å²) in [5, 5.41) is 2.62. The van der Waals surface area contributed by atoms with Crippen LogP contribution in [-0.2, 0) is 18.1 Å². The summed E-state index contributed by atoms with van der Waals surface area (Å²) in [6.07, 6.45) is 3.56. The molecule has 8 heteroatoms. The van der Waals surface area contributed by atoms with E-state index in [2.05, 4.69) is 5.10 Å². The lowest BCUT2D eigenvalue weighted by molar-refractivity contribution is 0.103. The number of nitrogens with zero attached hydrogens (tertiary/aromatic N) is 1. The maximum Gasteiger partial charge on any atom is 0.277 e. The molecular formula is C19H20ClN2O4S-. The van der Waals surface area contributed by atoms with E-state index in [1.165, 1.54) is 4.68 Å². The molecule has 2 fully saturated rings. The highest BCUT2D eigenvalue weighted by atomic mass is 35.5. The van der Waals surface area contributed by atoms with E-state index < -0.39 is 16.3 Å². The summed E-state index contributed by atoms with van der Waals surface area (Å²) in [4.78, 5) is 25.8. The Morgan fingerprint density at radius 3 is 2.56 bits per heavy atom. The van der Waals surface area contributed by atoms with Gasteiger partial charge < -0.3 is 4.55 Å². The molecule has 4 rings (SSSR count). The van der Waals surface area contributed by atoms with Crippen LogP contribution < -0.4 is 5.56 Å². The molecule has 1 N–H and O–H groups in total. The predicted octanol–water partition coefficient (Wildman–Crippen LogP) is 3.11. The van der Waals surface area contributed by atoms with Gasteiger partial charge in [0.05, 0.1) is 10.9 Å². The van der Waals surface area contributed by atoms with Gasteiger partial charge in [-0.2, -0.15) is 0 Å². The second-order valence-corrected chi connectivity index (χ2v) is 8.96. The summed E-state index contributed by atoms with van der Waals surface area (Å²) in [5.74, 6) is -0.134. The topological polar surface area (TPSA) is 95.0 Å². The predicted molar refractivity (Wildman–Crippen MR) is 102 cm³/mol. The zero-order valence-corrected chi connectivity index (χ0v) is 16.7. The van der Waals surface area contributed by atoms with Crippen molar-refractivity contribution in [3.05, 3.63) is 55.5 Å². The van der Waals surface area contributed by atoms with Crippen molar-refractivity contribution in [1.82, 2.24) is 9.78 Å². The largest absolute Gasteiger partial charge is 0.772 e. The summed E-state index contributed by atoms with van der Waals surface area (Å²) in [6, 6.07) is 3.15. The van der Waals surface area contributed by atoms with E-state index in [1.54, 1.807) is 26.1 Å². The molecule has 27 heavy (non-hydrogen) atoms. The first-order valence-electron chi connectivity index (χ1n) is 9.02. The highest BCUT2D eigenvalue weighted by Gasteiger charge is 2.37. The van der Waals surface area contributed by atoms with Crippen LogP contribution in [0.5, 0.6) is 0 Å². The van der Waals surface area contributed by atoms with Crippen molar-refractivity contribution in [2.24, 2.45) is 13.0 Å². The van der Waals surface area contributed by atoms with E-state index >= 15 is 0 Å². The molecule has 2 atom stereocenters. The molecule has 2 aliphatic carbocycles. The number of carbonyl (C=O) groups is 1. The van der Waals surface area contributed by atoms with Crippen LogP contribution in [0.3, 0.4) is 0 Å². The SMILES string of the molecule is Cc1c(C(=O)c2c(C3CC3)[nH]n(C)c2=O)ccc(Cl)c1C(C1CC1)S(=O)[O-]. The molecular weight excluding hydrogens is 388 g/mol. The smallest absolute Gasteiger partial charge is 0.277 e. The van der Waals surface area contributed by atoms with Gasteiger partial charge in [-0.15, -0.1) is 0 Å². The summed E-state index contributed by atoms with van der Waals surface area (Å²) in [5.41, 5.74) is 1.84. The van der Waals surface area contributed by atoms with Gasteiger partial charge in [-0.1, -0.05) is 11.6 Å². The molecule has 1 aromatic heterocycles. The van der Waals surface area contributed by atoms with Crippen molar-refractivity contribution in [1.29, 1.82) is 0 Å². The van der Waals surface area contributed by atoms with Crippen molar-refractivity contribution < 1.29 is 13.6 Å². The third kappa shape index (κ3) is 3.22. The van der Waals surface area contributed by atoms with Gasteiger partial charge in [0.2, 0.25) is 5.78 Å². The van der Waals surface area contributed by atoms with Gasteiger partial charge in [0.15, 0.2) is 0 Å². The number of benzene rings is 1. The Bertz CT molecular complexity index is 1020. The molecule has 0 amide bonds. The lowest BCUT2D eigenvalue weighted by Crippen LogP contribution is -2.21. The molecule has 1 heterocycles. The van der Waals surface area contributed by atoms with Crippen LogP contribution in [0, 0.1) is 12.8 Å². The highest BCUT2D eigenvalue weighted by molar-refractivity contribution is 7.79. The van der Waals surface area contributed by atoms with E-state index in [9.17, 15) is 18.4 Å². The van der Waals surface area contributed by atoms with Crippen LogP contribution in [0.25, 0.3) is 0 Å². The standard InChI is InChI=1S/C19H21ClN2O4S/c1-9-12(7-8-13(20)14(9)18(27(25)26)11-5-6-11)17(23)15-16(10-3-4-10)21-22(2)19(15)24/h7-8,10-11,18,21H,3-6H2,1-2H3,(H,25,26)/p-1. The molecule has 2 aromatic rings. The molecule has 0 saturated heterocycles. The molecule has 0 aliphatic heterocycles. The maximum absolute atomic E-state index is 13.3. The van der Waals surface area contributed by atoms with E-state index in [-0.39, 0.29) is 28.7 Å². The number of rotatable bonds is 6. The summed E-state index contributed by atoms with van der Waals surface area (Å²) in [7, 11) is 1.59. The fraction of sp³-hybridized carbons (Fsp3) is 0.474. The van der Waals surface area contributed by atoms with Crippen molar-refractivity contribution in [3.63, 3.8) is 0 Å².